The molecule has 0 atom stereocenters. The van der Waals surface area contributed by atoms with Crippen LogP contribution in [0, 0.1) is 0 Å². The highest BCUT2D eigenvalue weighted by molar-refractivity contribution is 5.93. The lowest BCUT2D eigenvalue weighted by Crippen LogP contribution is -2.04. The summed E-state index contributed by atoms with van der Waals surface area (Å²) in [5.41, 5.74) is 2.24. The van der Waals surface area contributed by atoms with E-state index in [9.17, 15) is 4.79 Å². The maximum Gasteiger partial charge on any atom is 0.333 e. The maximum absolute atomic E-state index is 11.5. The molecule has 0 aliphatic carbocycles. The van der Waals surface area contributed by atoms with E-state index in [2.05, 4.69) is 4.98 Å². The average Bonchev–Trinajstić information content (AvgIpc) is 2.39. The van der Waals surface area contributed by atoms with Crippen LogP contribution in [-0.4, -0.2) is 17.6 Å². The van der Waals surface area contributed by atoms with Crippen LogP contribution in [0.15, 0.2) is 42.0 Å². The van der Waals surface area contributed by atoms with Gasteiger partial charge >= 0.3 is 5.97 Å². The number of ether oxygens (including phenoxy) is 1. The van der Waals surface area contributed by atoms with Gasteiger partial charge in [-0.05, 0) is 32.1 Å². The molecule has 0 unspecified atom stereocenters. The number of para-hydroxylation sites is 1. The standard InChI is InChI=1S/C15H15NO2/c1-3-18-15(17)11(2)10-13-9-8-12-6-4-5-7-14(12)16-13/h4-10H,3H2,1-2H3. The van der Waals surface area contributed by atoms with Gasteiger partial charge in [0.2, 0.25) is 0 Å². The average molecular weight is 241 g/mol. The zero-order valence-corrected chi connectivity index (χ0v) is 10.5. The van der Waals surface area contributed by atoms with Crippen LogP contribution in [0.3, 0.4) is 0 Å². The number of pyridine rings is 1. The van der Waals surface area contributed by atoms with Crippen molar-refractivity contribution in [3.05, 3.63) is 47.7 Å². The van der Waals surface area contributed by atoms with Gasteiger partial charge in [0.1, 0.15) is 0 Å². The number of aromatic nitrogens is 1. The van der Waals surface area contributed by atoms with E-state index in [-0.39, 0.29) is 5.97 Å². The Kier molecular flexibility index (Phi) is 3.72. The van der Waals surface area contributed by atoms with Crippen LogP contribution in [0.4, 0.5) is 0 Å². The largest absolute Gasteiger partial charge is 0.463 e. The van der Waals surface area contributed by atoms with Crippen LogP contribution < -0.4 is 0 Å². The number of hydrogen-bond acceptors (Lipinski definition) is 3. The van der Waals surface area contributed by atoms with Crippen molar-refractivity contribution in [2.24, 2.45) is 0 Å². The van der Waals surface area contributed by atoms with Gasteiger partial charge in [-0.1, -0.05) is 24.3 Å². The van der Waals surface area contributed by atoms with E-state index in [4.69, 9.17) is 4.74 Å². The fraction of sp³-hybridized carbons (Fsp3) is 0.200. The number of carbonyl (C=O) groups is 1. The number of carbonyl (C=O) groups excluding carboxylic acids is 1. The van der Waals surface area contributed by atoms with E-state index < -0.39 is 0 Å². The van der Waals surface area contributed by atoms with E-state index >= 15 is 0 Å². The SMILES string of the molecule is CCOC(=O)C(C)=Cc1ccc2ccccc2n1. The molecule has 0 aliphatic heterocycles. The molecule has 1 aromatic heterocycles. The molecule has 0 N–H and O–H groups in total. The van der Waals surface area contributed by atoms with Crippen molar-refractivity contribution in [2.75, 3.05) is 6.61 Å². The van der Waals surface area contributed by atoms with E-state index in [0.29, 0.717) is 12.2 Å². The first kappa shape index (κ1) is 12.3. The minimum atomic E-state index is -0.299. The molecule has 0 saturated heterocycles. The Hall–Kier alpha value is -2.16. The second kappa shape index (κ2) is 5.45. The number of esters is 1. The third kappa shape index (κ3) is 2.74. The van der Waals surface area contributed by atoms with Crippen LogP contribution in [0.1, 0.15) is 19.5 Å². The first-order valence-electron chi connectivity index (χ1n) is 5.92. The van der Waals surface area contributed by atoms with Crippen molar-refractivity contribution in [1.82, 2.24) is 4.98 Å². The molecule has 0 spiro atoms. The summed E-state index contributed by atoms with van der Waals surface area (Å²) < 4.78 is 4.93. The molecule has 18 heavy (non-hydrogen) atoms. The fourth-order valence-corrected chi connectivity index (χ4v) is 1.69. The normalized spacial score (nSPS) is 11.6. The van der Waals surface area contributed by atoms with Gasteiger partial charge in [0, 0.05) is 11.0 Å². The van der Waals surface area contributed by atoms with Gasteiger partial charge in [-0.25, -0.2) is 9.78 Å². The quantitative estimate of drug-likeness (QED) is 0.612. The summed E-state index contributed by atoms with van der Waals surface area (Å²) in [5.74, 6) is -0.299. The summed E-state index contributed by atoms with van der Waals surface area (Å²) in [6, 6.07) is 11.8. The molecule has 3 nitrogen and oxygen atoms in total. The summed E-state index contributed by atoms with van der Waals surface area (Å²) >= 11 is 0. The molecule has 2 rings (SSSR count). The van der Waals surface area contributed by atoms with Crippen molar-refractivity contribution in [2.45, 2.75) is 13.8 Å². The molecule has 1 heterocycles. The Balaban J connectivity index is 2.31. The Morgan fingerprint density at radius 2 is 2.06 bits per heavy atom. The lowest BCUT2D eigenvalue weighted by molar-refractivity contribution is -0.138. The van der Waals surface area contributed by atoms with Crippen LogP contribution in [-0.2, 0) is 9.53 Å². The third-order valence-electron chi connectivity index (χ3n) is 2.58. The van der Waals surface area contributed by atoms with Crippen LogP contribution >= 0.6 is 0 Å². The zero-order valence-electron chi connectivity index (χ0n) is 10.5. The van der Waals surface area contributed by atoms with Crippen molar-refractivity contribution in [3.8, 4) is 0 Å². The van der Waals surface area contributed by atoms with Gasteiger partial charge < -0.3 is 4.74 Å². The van der Waals surface area contributed by atoms with Crippen LogP contribution in [0.2, 0.25) is 0 Å². The summed E-state index contributed by atoms with van der Waals surface area (Å²) in [4.78, 5) is 16.0. The second-order valence-electron chi connectivity index (χ2n) is 3.98. The van der Waals surface area contributed by atoms with E-state index in [1.165, 1.54) is 0 Å². The highest BCUT2D eigenvalue weighted by Crippen LogP contribution is 2.14. The van der Waals surface area contributed by atoms with Crippen LogP contribution in [0.25, 0.3) is 17.0 Å². The Bertz CT molecular complexity index is 602. The molecule has 92 valence electrons. The lowest BCUT2D eigenvalue weighted by atomic mass is 10.2. The molecular formula is C15H15NO2. The second-order valence-corrected chi connectivity index (χ2v) is 3.98. The molecule has 0 bridgehead atoms. The fourth-order valence-electron chi connectivity index (χ4n) is 1.69. The third-order valence-corrected chi connectivity index (χ3v) is 2.58. The number of fused-ring (bicyclic) bond motifs is 1. The van der Waals surface area contributed by atoms with Crippen molar-refractivity contribution >= 4 is 22.9 Å². The van der Waals surface area contributed by atoms with E-state index in [0.717, 1.165) is 16.6 Å². The minimum absolute atomic E-state index is 0.299. The molecule has 0 amide bonds. The van der Waals surface area contributed by atoms with Gasteiger partial charge in [0.25, 0.3) is 0 Å². The van der Waals surface area contributed by atoms with Crippen molar-refractivity contribution in [3.63, 3.8) is 0 Å². The molecular weight excluding hydrogens is 226 g/mol. The number of nitrogens with zero attached hydrogens (tertiary/aromatic N) is 1. The molecule has 0 fully saturated rings. The number of rotatable bonds is 3. The first-order chi connectivity index (χ1) is 8.70. The summed E-state index contributed by atoms with van der Waals surface area (Å²) in [6.07, 6.45) is 1.74. The molecule has 0 aliphatic rings. The lowest BCUT2D eigenvalue weighted by Gasteiger charge is -2.02. The first-order valence-corrected chi connectivity index (χ1v) is 5.92. The van der Waals surface area contributed by atoms with E-state index in [1.54, 1.807) is 19.9 Å². The maximum atomic E-state index is 11.5. The monoisotopic (exact) mass is 241 g/mol. The molecule has 3 heteroatoms. The summed E-state index contributed by atoms with van der Waals surface area (Å²) in [5, 5.41) is 1.09. The predicted molar refractivity (Wildman–Crippen MR) is 72.0 cm³/mol. The smallest absolute Gasteiger partial charge is 0.333 e. The molecule has 2 aromatic rings. The number of benzene rings is 1. The predicted octanol–water partition coefficient (Wildman–Crippen LogP) is 3.20. The molecule has 0 saturated carbocycles. The van der Waals surface area contributed by atoms with Crippen molar-refractivity contribution < 1.29 is 9.53 Å². The minimum Gasteiger partial charge on any atom is -0.463 e. The Morgan fingerprint density at radius 1 is 1.28 bits per heavy atom. The van der Waals surface area contributed by atoms with Crippen molar-refractivity contribution in [1.29, 1.82) is 0 Å². The zero-order chi connectivity index (χ0) is 13.0. The highest BCUT2D eigenvalue weighted by atomic mass is 16.5. The van der Waals surface area contributed by atoms with Gasteiger partial charge in [-0.3, -0.25) is 0 Å². The molecule has 0 radical (unpaired) electrons. The van der Waals surface area contributed by atoms with Crippen LogP contribution in [0.5, 0.6) is 0 Å². The Morgan fingerprint density at radius 3 is 2.83 bits per heavy atom. The highest BCUT2D eigenvalue weighted by Gasteiger charge is 2.05. The Labute approximate surface area is 106 Å². The van der Waals surface area contributed by atoms with Gasteiger partial charge in [-0.2, -0.15) is 0 Å². The summed E-state index contributed by atoms with van der Waals surface area (Å²) in [7, 11) is 0. The number of hydrogen-bond donors (Lipinski definition) is 0. The van der Waals surface area contributed by atoms with Gasteiger partial charge in [-0.15, -0.1) is 0 Å². The topological polar surface area (TPSA) is 39.2 Å². The summed E-state index contributed by atoms with van der Waals surface area (Å²) in [6.45, 7) is 3.91. The molecule has 1 aromatic carbocycles. The van der Waals surface area contributed by atoms with Gasteiger partial charge in [0.05, 0.1) is 17.8 Å². The van der Waals surface area contributed by atoms with E-state index in [1.807, 2.05) is 36.4 Å². The van der Waals surface area contributed by atoms with Gasteiger partial charge in [0.15, 0.2) is 0 Å².